The van der Waals surface area contributed by atoms with Gasteiger partial charge in [0.1, 0.15) is 0 Å². The minimum Gasteiger partial charge on any atom is -0.354 e. The maximum absolute atomic E-state index is 4.43. The van der Waals surface area contributed by atoms with Crippen molar-refractivity contribution in [1.29, 1.82) is 0 Å². The number of hydrogen-bond donors (Lipinski definition) is 2. The van der Waals surface area contributed by atoms with Gasteiger partial charge in [0.15, 0.2) is 5.96 Å². The first kappa shape index (κ1) is 10.0. The van der Waals surface area contributed by atoms with Crippen LogP contribution in [0.25, 0.3) is 0 Å². The maximum atomic E-state index is 4.43. The number of nitrogens with zero attached hydrogens (tertiary/aromatic N) is 1. The van der Waals surface area contributed by atoms with Gasteiger partial charge in [0.2, 0.25) is 0 Å². The lowest BCUT2D eigenvalue weighted by molar-refractivity contribution is 0.674. The molecule has 1 aromatic rings. The predicted molar refractivity (Wildman–Crippen MR) is 62.9 cm³/mol. The Balaban J connectivity index is 1.96. The second-order valence-corrected chi connectivity index (χ2v) is 4.10. The maximum Gasteiger partial charge on any atom is 0.192 e. The van der Waals surface area contributed by atoms with Crippen LogP contribution in [0, 0.1) is 0 Å². The second kappa shape index (κ2) is 4.34. The van der Waals surface area contributed by atoms with Gasteiger partial charge in [-0.1, -0.05) is 30.3 Å². The quantitative estimate of drug-likeness (QED) is 0.767. The molecule has 0 radical (unpaired) electrons. The van der Waals surface area contributed by atoms with Crippen LogP contribution in [0.15, 0.2) is 35.3 Å². The molecule has 0 spiro atoms. The van der Waals surface area contributed by atoms with E-state index in [1.807, 2.05) is 6.07 Å². The first-order valence-electron chi connectivity index (χ1n) is 5.38. The number of benzene rings is 1. The Labute approximate surface area is 90.6 Å². The van der Waals surface area contributed by atoms with E-state index in [1.165, 1.54) is 5.56 Å². The van der Waals surface area contributed by atoms with Crippen molar-refractivity contribution in [2.45, 2.75) is 25.9 Å². The zero-order chi connectivity index (χ0) is 10.7. The summed E-state index contributed by atoms with van der Waals surface area (Å²) < 4.78 is 0. The molecule has 0 aliphatic carbocycles. The second-order valence-electron chi connectivity index (χ2n) is 4.10. The third-order valence-corrected chi connectivity index (χ3v) is 2.37. The third-order valence-electron chi connectivity index (χ3n) is 2.37. The number of hydrogen-bond acceptors (Lipinski definition) is 3. The minimum absolute atomic E-state index is 0.326. The summed E-state index contributed by atoms with van der Waals surface area (Å²) in [6.07, 6.45) is 0. The molecule has 3 nitrogen and oxygen atoms in total. The molecule has 1 atom stereocenters. The largest absolute Gasteiger partial charge is 0.354 e. The average Bonchev–Trinajstić information content (AvgIpc) is 2.67. The van der Waals surface area contributed by atoms with Crippen molar-refractivity contribution in [1.82, 2.24) is 10.6 Å². The zero-order valence-electron chi connectivity index (χ0n) is 9.20. The molecule has 2 rings (SSSR count). The summed E-state index contributed by atoms with van der Waals surface area (Å²) in [6, 6.07) is 11.2. The molecular formula is C12H17N3. The van der Waals surface area contributed by atoms with Gasteiger partial charge in [0.25, 0.3) is 0 Å². The Kier molecular flexibility index (Phi) is 2.90. The van der Waals surface area contributed by atoms with Gasteiger partial charge < -0.3 is 10.6 Å². The van der Waals surface area contributed by atoms with Crippen LogP contribution in [0.5, 0.6) is 0 Å². The summed E-state index contributed by atoms with van der Waals surface area (Å²) in [5.74, 6) is 0.916. The minimum atomic E-state index is 0.326. The smallest absolute Gasteiger partial charge is 0.192 e. The van der Waals surface area contributed by atoms with Crippen LogP contribution in [0.3, 0.4) is 0 Å². The van der Waals surface area contributed by atoms with Gasteiger partial charge in [-0.15, -0.1) is 0 Å². The van der Waals surface area contributed by atoms with E-state index in [4.69, 9.17) is 0 Å². The van der Waals surface area contributed by atoms with E-state index in [-0.39, 0.29) is 0 Å². The van der Waals surface area contributed by atoms with E-state index < -0.39 is 0 Å². The third kappa shape index (κ3) is 2.49. The number of aliphatic imine (C=N–C) groups is 1. The first-order chi connectivity index (χ1) is 7.25. The molecule has 0 saturated carbocycles. The lowest BCUT2D eigenvalue weighted by atomic mass is 10.1. The van der Waals surface area contributed by atoms with Gasteiger partial charge in [-0.3, -0.25) is 4.99 Å². The zero-order valence-corrected chi connectivity index (χ0v) is 9.20. The van der Waals surface area contributed by atoms with Gasteiger partial charge in [-0.2, -0.15) is 0 Å². The molecule has 1 aliphatic rings. The molecule has 0 saturated heterocycles. The molecular weight excluding hydrogens is 186 g/mol. The van der Waals surface area contributed by atoms with Crippen LogP contribution in [0.4, 0.5) is 0 Å². The monoisotopic (exact) mass is 203 g/mol. The Morgan fingerprint density at radius 1 is 1.33 bits per heavy atom. The number of rotatable bonds is 2. The van der Waals surface area contributed by atoms with Crippen LogP contribution in [0.1, 0.15) is 25.5 Å². The van der Waals surface area contributed by atoms with Crippen molar-refractivity contribution in [3.63, 3.8) is 0 Å². The topological polar surface area (TPSA) is 36.4 Å². The van der Waals surface area contributed by atoms with E-state index >= 15 is 0 Å². The van der Waals surface area contributed by atoms with Crippen molar-refractivity contribution in [3.8, 4) is 0 Å². The Bertz CT molecular complexity index is 343. The van der Waals surface area contributed by atoms with E-state index in [2.05, 4.69) is 53.7 Å². The van der Waals surface area contributed by atoms with Gasteiger partial charge >= 0.3 is 0 Å². The fraction of sp³-hybridized carbons (Fsp3) is 0.417. The molecule has 1 aliphatic heterocycles. The summed E-state index contributed by atoms with van der Waals surface area (Å²) >= 11 is 0. The molecule has 0 fully saturated rings. The van der Waals surface area contributed by atoms with Crippen LogP contribution >= 0.6 is 0 Å². The average molecular weight is 203 g/mol. The van der Waals surface area contributed by atoms with Gasteiger partial charge in [0, 0.05) is 6.04 Å². The van der Waals surface area contributed by atoms with Crippen molar-refractivity contribution in [2.75, 3.05) is 6.54 Å². The van der Waals surface area contributed by atoms with Crippen LogP contribution in [-0.2, 0) is 0 Å². The summed E-state index contributed by atoms with van der Waals surface area (Å²) in [7, 11) is 0. The molecule has 0 aromatic heterocycles. The van der Waals surface area contributed by atoms with Crippen LogP contribution in [0.2, 0.25) is 0 Å². The van der Waals surface area contributed by atoms with E-state index in [9.17, 15) is 0 Å². The Morgan fingerprint density at radius 2 is 2.07 bits per heavy atom. The molecule has 2 N–H and O–H groups in total. The van der Waals surface area contributed by atoms with Crippen molar-refractivity contribution < 1.29 is 0 Å². The highest BCUT2D eigenvalue weighted by Gasteiger charge is 2.18. The highest BCUT2D eigenvalue weighted by Crippen LogP contribution is 2.15. The molecule has 80 valence electrons. The lowest BCUT2D eigenvalue weighted by Crippen LogP contribution is -2.39. The van der Waals surface area contributed by atoms with Crippen molar-refractivity contribution >= 4 is 5.96 Å². The molecule has 1 aromatic carbocycles. The van der Waals surface area contributed by atoms with Crippen molar-refractivity contribution in [3.05, 3.63) is 35.9 Å². The highest BCUT2D eigenvalue weighted by molar-refractivity contribution is 5.82. The molecule has 0 bridgehead atoms. The molecule has 3 heteroatoms. The summed E-state index contributed by atoms with van der Waals surface area (Å²) in [5, 5.41) is 6.66. The van der Waals surface area contributed by atoms with E-state index in [0.29, 0.717) is 12.1 Å². The lowest BCUT2D eigenvalue weighted by Gasteiger charge is -2.14. The van der Waals surface area contributed by atoms with Gasteiger partial charge in [-0.05, 0) is 19.4 Å². The summed E-state index contributed by atoms with van der Waals surface area (Å²) in [4.78, 5) is 4.43. The van der Waals surface area contributed by atoms with Crippen LogP contribution in [-0.4, -0.2) is 18.5 Å². The number of nitrogens with one attached hydrogen (secondary N) is 2. The molecule has 1 unspecified atom stereocenters. The van der Waals surface area contributed by atoms with Crippen LogP contribution < -0.4 is 10.6 Å². The predicted octanol–water partition coefficient (Wildman–Crippen LogP) is 1.68. The van der Waals surface area contributed by atoms with Gasteiger partial charge in [0.05, 0.1) is 12.6 Å². The standard InChI is InChI=1S/C12H17N3/c1-9(2)14-12-13-8-11(15-12)10-6-4-3-5-7-10/h3-7,9,11H,8H2,1-2H3,(H2,13,14,15). The first-order valence-corrected chi connectivity index (χ1v) is 5.38. The normalized spacial score (nSPS) is 19.9. The fourth-order valence-corrected chi connectivity index (χ4v) is 1.67. The van der Waals surface area contributed by atoms with Gasteiger partial charge in [-0.25, -0.2) is 0 Å². The SMILES string of the molecule is CC(C)NC1=NCC(c2ccccc2)N1. The Hall–Kier alpha value is -1.51. The van der Waals surface area contributed by atoms with E-state index in [0.717, 1.165) is 12.5 Å². The molecule has 1 heterocycles. The summed E-state index contributed by atoms with van der Waals surface area (Å²) in [5.41, 5.74) is 1.29. The van der Waals surface area contributed by atoms with E-state index in [1.54, 1.807) is 0 Å². The molecule has 15 heavy (non-hydrogen) atoms. The number of guanidine groups is 1. The summed E-state index contributed by atoms with van der Waals surface area (Å²) in [6.45, 7) is 5.04. The van der Waals surface area contributed by atoms with Crippen molar-refractivity contribution in [2.24, 2.45) is 4.99 Å². The fourth-order valence-electron chi connectivity index (χ4n) is 1.67. The highest BCUT2D eigenvalue weighted by atomic mass is 15.2. The Morgan fingerprint density at radius 3 is 2.73 bits per heavy atom. The molecule has 0 amide bonds.